The Kier molecular flexibility index (Phi) is 7.91. The molecule has 3 aliphatic rings. The fraction of sp³-hybridized carbons (Fsp3) is 0.714. The number of fused-ring (bicyclic) bond motifs is 2. The van der Waals surface area contributed by atoms with Crippen molar-refractivity contribution in [2.75, 3.05) is 6.54 Å². The van der Waals surface area contributed by atoms with Crippen LogP contribution in [-0.4, -0.2) is 50.5 Å². The number of hydrogen-bond acceptors (Lipinski definition) is 6. The van der Waals surface area contributed by atoms with E-state index >= 15 is 0 Å². The lowest BCUT2D eigenvalue weighted by Gasteiger charge is -2.40. The first-order valence-electron chi connectivity index (χ1n) is 13.9. The van der Waals surface area contributed by atoms with Crippen LogP contribution < -0.4 is 5.32 Å². The number of carbonyl (C=O) groups is 2. The van der Waals surface area contributed by atoms with E-state index in [1.54, 1.807) is 11.3 Å². The molecule has 3 fully saturated rings. The van der Waals surface area contributed by atoms with Crippen molar-refractivity contribution in [3.8, 4) is 0 Å². The van der Waals surface area contributed by atoms with E-state index in [1.807, 2.05) is 6.07 Å². The molecule has 2 unspecified atom stereocenters. The number of amides is 1. The number of aromatic nitrogens is 3. The molecule has 2 saturated heterocycles. The van der Waals surface area contributed by atoms with E-state index in [1.165, 1.54) is 17.7 Å². The van der Waals surface area contributed by atoms with Crippen LogP contribution in [0.1, 0.15) is 111 Å². The lowest BCUT2D eigenvalue weighted by molar-refractivity contribution is -0.125. The predicted molar refractivity (Wildman–Crippen MR) is 142 cm³/mol. The van der Waals surface area contributed by atoms with Gasteiger partial charge in [0.1, 0.15) is 17.9 Å². The maximum Gasteiger partial charge on any atom is 0.223 e. The summed E-state index contributed by atoms with van der Waals surface area (Å²) in [4.78, 5) is 29.1. The molecule has 3 atom stereocenters. The summed E-state index contributed by atoms with van der Waals surface area (Å²) in [6.45, 7) is 7.49. The zero-order valence-electron chi connectivity index (χ0n) is 22.0. The SMILES string of the molecule is Cc1nnc(C(C)C)n1C1CC2CCC(C1)N2CC[C@H](NC(=O)C1CCCC1)c1ccc(CC=O)s1. The maximum atomic E-state index is 13.1. The molecule has 8 heteroatoms. The Morgan fingerprint density at radius 3 is 2.50 bits per heavy atom. The van der Waals surface area contributed by atoms with Gasteiger partial charge in [-0.05, 0) is 64.0 Å². The Labute approximate surface area is 219 Å². The highest BCUT2D eigenvalue weighted by Gasteiger charge is 2.42. The molecule has 1 aliphatic carbocycles. The van der Waals surface area contributed by atoms with Gasteiger partial charge in [-0.15, -0.1) is 21.5 Å². The van der Waals surface area contributed by atoms with Gasteiger partial charge in [0.2, 0.25) is 5.91 Å². The van der Waals surface area contributed by atoms with Crippen molar-refractivity contribution in [2.24, 2.45) is 5.92 Å². The summed E-state index contributed by atoms with van der Waals surface area (Å²) in [6.07, 6.45) is 11.5. The quantitative estimate of drug-likeness (QED) is 0.448. The van der Waals surface area contributed by atoms with Gasteiger partial charge in [0.05, 0.1) is 6.04 Å². The van der Waals surface area contributed by atoms with E-state index < -0.39 is 0 Å². The van der Waals surface area contributed by atoms with Crippen LogP contribution in [0, 0.1) is 12.8 Å². The minimum atomic E-state index is 0.0215. The molecule has 0 radical (unpaired) electrons. The lowest BCUT2D eigenvalue weighted by Crippen LogP contribution is -2.45. The number of rotatable bonds is 10. The van der Waals surface area contributed by atoms with Crippen LogP contribution in [0.2, 0.25) is 0 Å². The van der Waals surface area contributed by atoms with Gasteiger partial charge in [0.25, 0.3) is 0 Å². The Hall–Kier alpha value is -2.06. The van der Waals surface area contributed by atoms with Gasteiger partial charge in [0, 0.05) is 52.7 Å². The molecule has 36 heavy (non-hydrogen) atoms. The van der Waals surface area contributed by atoms with Gasteiger partial charge >= 0.3 is 0 Å². The van der Waals surface area contributed by atoms with Crippen LogP contribution in [0.3, 0.4) is 0 Å². The number of hydrogen-bond donors (Lipinski definition) is 1. The number of aryl methyl sites for hydroxylation is 1. The van der Waals surface area contributed by atoms with Crippen molar-refractivity contribution < 1.29 is 9.59 Å². The lowest BCUT2D eigenvalue weighted by atomic mass is 9.95. The standard InChI is InChI=1S/C28H41N5O2S/c1-18(2)27-31-30-19(3)33(27)23-16-21-8-9-22(17-23)32(21)14-12-25(26-11-10-24(36-26)13-15-34)29-28(35)20-6-4-5-7-20/h10-11,15,18,20-23,25H,4-9,12-14,16-17H2,1-3H3,(H,29,35)/t21?,22?,23?,25-/m0/s1. The largest absolute Gasteiger partial charge is 0.348 e. The molecule has 2 aliphatic heterocycles. The molecule has 2 aromatic rings. The van der Waals surface area contributed by atoms with E-state index in [-0.39, 0.29) is 17.9 Å². The van der Waals surface area contributed by atoms with Gasteiger partial charge in [-0.2, -0.15) is 0 Å². The van der Waals surface area contributed by atoms with Crippen LogP contribution in [0.5, 0.6) is 0 Å². The maximum absolute atomic E-state index is 13.1. The highest BCUT2D eigenvalue weighted by molar-refractivity contribution is 7.12. The molecule has 7 nitrogen and oxygen atoms in total. The van der Waals surface area contributed by atoms with E-state index in [0.29, 0.717) is 30.5 Å². The fourth-order valence-corrected chi connectivity index (χ4v) is 7.91. The summed E-state index contributed by atoms with van der Waals surface area (Å²) >= 11 is 1.68. The van der Waals surface area contributed by atoms with Gasteiger partial charge in [-0.3, -0.25) is 9.69 Å². The first kappa shape index (κ1) is 25.6. The molecule has 0 aromatic carbocycles. The monoisotopic (exact) mass is 511 g/mol. The Morgan fingerprint density at radius 2 is 1.83 bits per heavy atom. The van der Waals surface area contributed by atoms with Crippen molar-refractivity contribution in [1.29, 1.82) is 0 Å². The number of thiophene rings is 1. The fourth-order valence-electron chi connectivity index (χ4n) is 6.87. The number of aldehydes is 1. The summed E-state index contributed by atoms with van der Waals surface area (Å²) in [5.74, 6) is 2.91. The molecule has 5 rings (SSSR count). The average Bonchev–Trinajstić information content (AvgIpc) is 3.64. The summed E-state index contributed by atoms with van der Waals surface area (Å²) in [6, 6.07) is 5.82. The molecular formula is C28H41N5O2S. The average molecular weight is 512 g/mol. The summed E-state index contributed by atoms with van der Waals surface area (Å²) in [5.41, 5.74) is 0. The Bertz CT molecular complexity index is 1040. The number of piperidine rings is 1. The van der Waals surface area contributed by atoms with Crippen molar-refractivity contribution in [3.63, 3.8) is 0 Å². The van der Waals surface area contributed by atoms with Crippen LogP contribution in [0.4, 0.5) is 0 Å². The van der Waals surface area contributed by atoms with E-state index in [4.69, 9.17) is 0 Å². The Morgan fingerprint density at radius 1 is 1.11 bits per heavy atom. The zero-order valence-corrected chi connectivity index (χ0v) is 22.8. The van der Waals surface area contributed by atoms with Crippen molar-refractivity contribution in [1.82, 2.24) is 25.0 Å². The van der Waals surface area contributed by atoms with E-state index in [0.717, 1.165) is 74.3 Å². The molecular weight excluding hydrogens is 470 g/mol. The minimum absolute atomic E-state index is 0.0215. The number of carbonyl (C=O) groups excluding carboxylic acids is 2. The molecule has 0 spiro atoms. The first-order valence-corrected chi connectivity index (χ1v) is 14.8. The second kappa shape index (κ2) is 11.1. The van der Waals surface area contributed by atoms with Crippen molar-refractivity contribution in [2.45, 2.75) is 115 Å². The van der Waals surface area contributed by atoms with Crippen molar-refractivity contribution in [3.05, 3.63) is 33.5 Å². The molecule has 196 valence electrons. The third-order valence-electron chi connectivity index (χ3n) is 8.66. The van der Waals surface area contributed by atoms with Crippen LogP contribution in [0.25, 0.3) is 0 Å². The summed E-state index contributed by atoms with van der Waals surface area (Å²) < 4.78 is 2.41. The highest BCUT2D eigenvalue weighted by atomic mass is 32.1. The topological polar surface area (TPSA) is 80.1 Å². The summed E-state index contributed by atoms with van der Waals surface area (Å²) in [5, 5.41) is 12.3. The van der Waals surface area contributed by atoms with Crippen molar-refractivity contribution >= 4 is 23.5 Å². The molecule has 1 saturated carbocycles. The molecule has 2 aromatic heterocycles. The van der Waals surface area contributed by atoms with Gasteiger partial charge in [-0.25, -0.2) is 0 Å². The van der Waals surface area contributed by atoms with Gasteiger partial charge in [0.15, 0.2) is 0 Å². The van der Waals surface area contributed by atoms with Gasteiger partial charge in [-0.1, -0.05) is 26.7 Å². The van der Waals surface area contributed by atoms with E-state index in [2.05, 4.69) is 51.8 Å². The van der Waals surface area contributed by atoms with Crippen LogP contribution in [-0.2, 0) is 16.0 Å². The predicted octanol–water partition coefficient (Wildman–Crippen LogP) is 5.12. The second-order valence-electron chi connectivity index (χ2n) is 11.4. The molecule has 2 bridgehead atoms. The minimum Gasteiger partial charge on any atom is -0.348 e. The molecule has 1 N–H and O–H groups in total. The Balaban J connectivity index is 1.27. The van der Waals surface area contributed by atoms with E-state index in [9.17, 15) is 9.59 Å². The molecule has 4 heterocycles. The molecule has 1 amide bonds. The van der Waals surface area contributed by atoms with Gasteiger partial charge < -0.3 is 14.7 Å². The van der Waals surface area contributed by atoms with Crippen LogP contribution >= 0.6 is 11.3 Å². The van der Waals surface area contributed by atoms with Crippen LogP contribution in [0.15, 0.2) is 12.1 Å². The normalized spacial score (nSPS) is 25.5. The third kappa shape index (κ3) is 5.30. The summed E-state index contributed by atoms with van der Waals surface area (Å²) in [7, 11) is 0. The highest BCUT2D eigenvalue weighted by Crippen LogP contribution is 2.42. The number of nitrogens with zero attached hydrogens (tertiary/aromatic N) is 4. The third-order valence-corrected chi connectivity index (χ3v) is 9.88. The first-order chi connectivity index (χ1) is 17.4. The second-order valence-corrected chi connectivity index (χ2v) is 12.6. The number of nitrogens with one attached hydrogen (secondary N) is 1. The smallest absolute Gasteiger partial charge is 0.223 e. The zero-order chi connectivity index (χ0) is 25.2.